The Morgan fingerprint density at radius 2 is 1.89 bits per heavy atom. The van der Waals surface area contributed by atoms with Gasteiger partial charge in [-0.25, -0.2) is 4.39 Å². The average Bonchev–Trinajstić information content (AvgIpc) is 2.68. The highest BCUT2D eigenvalue weighted by molar-refractivity contribution is 5.90. The van der Waals surface area contributed by atoms with Gasteiger partial charge in [-0.1, -0.05) is 12.1 Å². The summed E-state index contributed by atoms with van der Waals surface area (Å²) in [6.45, 7) is 1.36. The molecule has 1 amide bonds. The van der Waals surface area contributed by atoms with Gasteiger partial charge in [-0.15, -0.1) is 0 Å². The van der Waals surface area contributed by atoms with Gasteiger partial charge in [0.1, 0.15) is 18.1 Å². The molecule has 0 spiro atoms. The standard InChI is InChI=1S/C20H18FN3O4/c1-13-6-7-14(21)10-17(13)24-9-8-23(19(26)20(24)27)12-18(25)22-15-4-3-5-16(11-15)28-2/h3-11H,12H2,1-2H3,(H,22,25). The smallest absolute Gasteiger partial charge is 0.320 e. The fourth-order valence-corrected chi connectivity index (χ4v) is 2.72. The topological polar surface area (TPSA) is 82.3 Å². The van der Waals surface area contributed by atoms with Gasteiger partial charge in [0.25, 0.3) is 0 Å². The van der Waals surface area contributed by atoms with Crippen molar-refractivity contribution in [2.75, 3.05) is 12.4 Å². The van der Waals surface area contributed by atoms with E-state index in [1.807, 2.05) is 0 Å². The molecule has 8 heteroatoms. The minimum absolute atomic E-state index is 0.273. The van der Waals surface area contributed by atoms with Gasteiger partial charge >= 0.3 is 11.1 Å². The Hall–Kier alpha value is -3.68. The van der Waals surface area contributed by atoms with E-state index in [4.69, 9.17) is 4.74 Å². The Balaban J connectivity index is 1.85. The number of benzene rings is 2. The van der Waals surface area contributed by atoms with Gasteiger partial charge in [0.05, 0.1) is 12.8 Å². The first-order valence-corrected chi connectivity index (χ1v) is 8.41. The van der Waals surface area contributed by atoms with Crippen LogP contribution in [-0.4, -0.2) is 22.2 Å². The highest BCUT2D eigenvalue weighted by Crippen LogP contribution is 2.16. The predicted molar refractivity (Wildman–Crippen MR) is 103 cm³/mol. The van der Waals surface area contributed by atoms with E-state index in [-0.39, 0.29) is 12.2 Å². The minimum atomic E-state index is -0.882. The molecule has 0 radical (unpaired) electrons. The molecule has 0 bridgehead atoms. The average molecular weight is 383 g/mol. The molecule has 0 fully saturated rings. The fraction of sp³-hybridized carbons (Fsp3) is 0.150. The van der Waals surface area contributed by atoms with E-state index in [0.717, 1.165) is 9.13 Å². The van der Waals surface area contributed by atoms with Crippen LogP contribution in [0, 0.1) is 12.7 Å². The second kappa shape index (κ2) is 7.91. The summed E-state index contributed by atoms with van der Waals surface area (Å²) in [4.78, 5) is 37.0. The lowest BCUT2D eigenvalue weighted by Gasteiger charge is -2.11. The SMILES string of the molecule is COc1cccc(NC(=O)Cn2ccn(-c3cc(F)ccc3C)c(=O)c2=O)c1. The number of halogens is 1. The molecule has 0 saturated carbocycles. The number of nitrogens with zero attached hydrogens (tertiary/aromatic N) is 2. The molecular formula is C20H18FN3O4. The highest BCUT2D eigenvalue weighted by atomic mass is 19.1. The van der Waals surface area contributed by atoms with Crippen LogP contribution in [-0.2, 0) is 11.3 Å². The molecule has 1 heterocycles. The quantitative estimate of drug-likeness (QED) is 0.684. The summed E-state index contributed by atoms with van der Waals surface area (Å²) in [7, 11) is 1.51. The van der Waals surface area contributed by atoms with E-state index in [1.54, 1.807) is 31.2 Å². The molecule has 28 heavy (non-hydrogen) atoms. The van der Waals surface area contributed by atoms with E-state index in [0.29, 0.717) is 17.0 Å². The van der Waals surface area contributed by atoms with Crippen molar-refractivity contribution >= 4 is 11.6 Å². The van der Waals surface area contributed by atoms with Crippen molar-refractivity contribution < 1.29 is 13.9 Å². The lowest BCUT2D eigenvalue weighted by atomic mass is 10.2. The van der Waals surface area contributed by atoms with E-state index in [2.05, 4.69) is 5.32 Å². The summed E-state index contributed by atoms with van der Waals surface area (Å²) in [5.74, 6) is -0.424. The number of hydrogen-bond donors (Lipinski definition) is 1. The zero-order valence-electron chi connectivity index (χ0n) is 15.3. The molecule has 1 N–H and O–H groups in total. The molecule has 3 rings (SSSR count). The first kappa shape index (κ1) is 19.1. The second-order valence-corrected chi connectivity index (χ2v) is 6.12. The molecule has 0 aliphatic heterocycles. The van der Waals surface area contributed by atoms with E-state index in [9.17, 15) is 18.8 Å². The number of amides is 1. The van der Waals surface area contributed by atoms with Crippen LogP contribution in [0.25, 0.3) is 5.69 Å². The number of carbonyl (C=O) groups is 1. The van der Waals surface area contributed by atoms with Crippen molar-refractivity contribution in [1.82, 2.24) is 9.13 Å². The minimum Gasteiger partial charge on any atom is -0.497 e. The van der Waals surface area contributed by atoms with Crippen molar-refractivity contribution in [3.63, 3.8) is 0 Å². The Morgan fingerprint density at radius 3 is 2.64 bits per heavy atom. The van der Waals surface area contributed by atoms with Crippen LogP contribution in [0.15, 0.2) is 64.4 Å². The Bertz CT molecular complexity index is 1150. The van der Waals surface area contributed by atoms with Gasteiger partial charge in [0.15, 0.2) is 0 Å². The lowest BCUT2D eigenvalue weighted by Crippen LogP contribution is -2.41. The molecular weight excluding hydrogens is 365 g/mol. The zero-order valence-corrected chi connectivity index (χ0v) is 15.3. The van der Waals surface area contributed by atoms with Crippen LogP contribution < -0.4 is 21.2 Å². The van der Waals surface area contributed by atoms with Crippen molar-refractivity contribution in [3.05, 3.63) is 86.9 Å². The summed E-state index contributed by atoms with van der Waals surface area (Å²) < 4.78 is 20.7. The lowest BCUT2D eigenvalue weighted by molar-refractivity contribution is -0.116. The normalized spacial score (nSPS) is 10.5. The van der Waals surface area contributed by atoms with Gasteiger partial charge in [0, 0.05) is 24.1 Å². The molecule has 0 unspecified atom stereocenters. The summed E-state index contributed by atoms with van der Waals surface area (Å²) in [5, 5.41) is 2.64. The van der Waals surface area contributed by atoms with E-state index in [1.165, 1.54) is 37.7 Å². The number of rotatable bonds is 5. The number of nitrogens with one attached hydrogen (secondary N) is 1. The van der Waals surface area contributed by atoms with Crippen LogP contribution in [0.5, 0.6) is 5.75 Å². The summed E-state index contributed by atoms with van der Waals surface area (Å²) in [6.07, 6.45) is 2.66. The van der Waals surface area contributed by atoms with Gasteiger partial charge in [-0.05, 0) is 36.8 Å². The van der Waals surface area contributed by atoms with Crippen LogP contribution >= 0.6 is 0 Å². The third kappa shape index (κ3) is 4.01. The van der Waals surface area contributed by atoms with Gasteiger partial charge in [0.2, 0.25) is 5.91 Å². The molecule has 0 aliphatic carbocycles. The maximum absolute atomic E-state index is 13.5. The molecule has 144 valence electrons. The number of aromatic nitrogens is 2. The Kier molecular flexibility index (Phi) is 5.39. The molecule has 7 nitrogen and oxygen atoms in total. The second-order valence-electron chi connectivity index (χ2n) is 6.12. The van der Waals surface area contributed by atoms with Gasteiger partial charge in [-0.2, -0.15) is 0 Å². The largest absolute Gasteiger partial charge is 0.497 e. The molecule has 0 aliphatic rings. The van der Waals surface area contributed by atoms with Crippen LogP contribution in [0.4, 0.5) is 10.1 Å². The molecule has 0 saturated heterocycles. The Morgan fingerprint density at radius 1 is 1.11 bits per heavy atom. The van der Waals surface area contributed by atoms with Crippen LogP contribution in [0.2, 0.25) is 0 Å². The van der Waals surface area contributed by atoms with Crippen LogP contribution in [0.3, 0.4) is 0 Å². The predicted octanol–water partition coefficient (Wildman–Crippen LogP) is 2.09. The fourth-order valence-electron chi connectivity index (χ4n) is 2.72. The summed E-state index contributed by atoms with van der Waals surface area (Å²) >= 11 is 0. The van der Waals surface area contributed by atoms with Crippen molar-refractivity contribution in [2.45, 2.75) is 13.5 Å². The molecule has 3 aromatic rings. The first-order valence-electron chi connectivity index (χ1n) is 8.41. The first-order chi connectivity index (χ1) is 13.4. The molecule has 2 aromatic carbocycles. The number of anilines is 1. The highest BCUT2D eigenvalue weighted by Gasteiger charge is 2.12. The van der Waals surface area contributed by atoms with Crippen molar-refractivity contribution in [3.8, 4) is 11.4 Å². The molecule has 0 atom stereocenters. The van der Waals surface area contributed by atoms with Crippen molar-refractivity contribution in [1.29, 1.82) is 0 Å². The summed E-state index contributed by atoms with van der Waals surface area (Å²) in [5.41, 5.74) is -0.343. The Labute approximate surface area is 159 Å². The molecule has 1 aromatic heterocycles. The van der Waals surface area contributed by atoms with Crippen LogP contribution in [0.1, 0.15) is 5.56 Å². The van der Waals surface area contributed by atoms with Gasteiger partial charge in [-0.3, -0.25) is 23.5 Å². The van der Waals surface area contributed by atoms with E-state index < -0.39 is 22.8 Å². The number of aryl methyl sites for hydroxylation is 1. The number of methoxy groups -OCH3 is 1. The third-order valence-corrected chi connectivity index (χ3v) is 4.16. The zero-order chi connectivity index (χ0) is 20.3. The number of ether oxygens (including phenoxy) is 1. The van der Waals surface area contributed by atoms with Gasteiger partial charge < -0.3 is 10.1 Å². The number of hydrogen-bond acceptors (Lipinski definition) is 4. The number of carbonyl (C=O) groups excluding carboxylic acids is 1. The van der Waals surface area contributed by atoms with E-state index >= 15 is 0 Å². The maximum atomic E-state index is 13.5. The van der Waals surface area contributed by atoms with Crippen molar-refractivity contribution in [2.24, 2.45) is 0 Å². The summed E-state index contributed by atoms with van der Waals surface area (Å²) in [6, 6.07) is 10.7. The third-order valence-electron chi connectivity index (χ3n) is 4.16. The maximum Gasteiger partial charge on any atom is 0.320 e. The monoisotopic (exact) mass is 383 g/mol.